The monoisotopic (exact) mass is 289 g/mol. The van der Waals surface area contributed by atoms with Gasteiger partial charge in [-0.3, -0.25) is 19.6 Å². The number of amides is 1. The van der Waals surface area contributed by atoms with Crippen LogP contribution in [-0.2, 0) is 11.3 Å². The zero-order valence-corrected chi connectivity index (χ0v) is 11.2. The molecule has 0 saturated heterocycles. The highest BCUT2D eigenvalue weighted by Gasteiger charge is 2.04. The molecule has 0 fully saturated rings. The Morgan fingerprint density at radius 2 is 2.05 bits per heavy atom. The van der Waals surface area contributed by atoms with Crippen molar-refractivity contribution in [2.24, 2.45) is 0 Å². The topological polar surface area (TPSA) is 102 Å². The third-order valence-corrected chi connectivity index (χ3v) is 2.72. The first-order valence-corrected chi connectivity index (χ1v) is 6.37. The molecule has 1 amide bonds. The van der Waals surface area contributed by atoms with E-state index in [4.69, 9.17) is 0 Å². The number of benzene rings is 1. The molecule has 21 heavy (non-hydrogen) atoms. The summed E-state index contributed by atoms with van der Waals surface area (Å²) in [6.07, 6.45) is 3.33. The number of nitro groups is 1. The Morgan fingerprint density at radius 3 is 2.67 bits per heavy atom. The lowest BCUT2D eigenvalue weighted by molar-refractivity contribution is -0.384. The average molecular weight is 289 g/mol. The van der Waals surface area contributed by atoms with Gasteiger partial charge in [0.15, 0.2) is 0 Å². The van der Waals surface area contributed by atoms with E-state index in [1.54, 1.807) is 35.3 Å². The van der Waals surface area contributed by atoms with Crippen molar-refractivity contribution in [3.05, 3.63) is 52.8 Å². The molecule has 2 rings (SSSR count). The molecule has 0 aliphatic carbocycles. The molecule has 0 atom stereocenters. The average Bonchev–Trinajstić information content (AvgIpc) is 2.97. The first-order chi connectivity index (χ1) is 10.1. The highest BCUT2D eigenvalue weighted by atomic mass is 16.6. The molecule has 0 radical (unpaired) electrons. The third kappa shape index (κ3) is 4.60. The van der Waals surface area contributed by atoms with E-state index in [9.17, 15) is 14.9 Å². The number of hydrogen-bond donors (Lipinski definition) is 2. The van der Waals surface area contributed by atoms with Crippen molar-refractivity contribution >= 4 is 17.3 Å². The number of rotatable bonds is 7. The highest BCUT2D eigenvalue weighted by molar-refractivity contribution is 5.75. The number of carbonyl (C=O) groups excluding carboxylic acids is 1. The Balaban J connectivity index is 1.67. The fourth-order valence-corrected chi connectivity index (χ4v) is 1.71. The zero-order chi connectivity index (χ0) is 15.1. The predicted octanol–water partition coefficient (Wildman–Crippen LogP) is 1.02. The largest absolute Gasteiger partial charge is 0.383 e. The number of anilines is 1. The molecule has 1 heterocycles. The van der Waals surface area contributed by atoms with Crippen molar-refractivity contribution in [1.82, 2.24) is 15.1 Å². The Hall–Kier alpha value is -2.90. The Kier molecular flexibility index (Phi) is 4.86. The van der Waals surface area contributed by atoms with Crippen LogP contribution in [0.5, 0.6) is 0 Å². The van der Waals surface area contributed by atoms with Gasteiger partial charge in [-0.05, 0) is 18.2 Å². The summed E-state index contributed by atoms with van der Waals surface area (Å²) >= 11 is 0. The van der Waals surface area contributed by atoms with Gasteiger partial charge in [0.2, 0.25) is 5.91 Å². The maximum Gasteiger partial charge on any atom is 0.269 e. The lowest BCUT2D eigenvalue weighted by Crippen LogP contribution is -2.31. The van der Waals surface area contributed by atoms with Crippen molar-refractivity contribution in [2.45, 2.75) is 6.54 Å². The first-order valence-electron chi connectivity index (χ1n) is 6.37. The van der Waals surface area contributed by atoms with Crippen molar-refractivity contribution in [3.8, 4) is 0 Å². The second-order valence-electron chi connectivity index (χ2n) is 4.28. The van der Waals surface area contributed by atoms with Crippen LogP contribution in [0.2, 0.25) is 0 Å². The number of nitro benzene ring substituents is 1. The lowest BCUT2D eigenvalue weighted by Gasteiger charge is -2.08. The third-order valence-electron chi connectivity index (χ3n) is 2.72. The second kappa shape index (κ2) is 7.04. The van der Waals surface area contributed by atoms with Crippen LogP contribution < -0.4 is 10.6 Å². The van der Waals surface area contributed by atoms with Gasteiger partial charge in [0.1, 0.15) is 6.54 Å². The molecule has 2 aromatic rings. The van der Waals surface area contributed by atoms with Gasteiger partial charge in [0.05, 0.1) is 4.92 Å². The molecule has 8 nitrogen and oxygen atoms in total. The van der Waals surface area contributed by atoms with Crippen LogP contribution in [0, 0.1) is 10.1 Å². The van der Waals surface area contributed by atoms with Crippen LogP contribution in [-0.4, -0.2) is 33.7 Å². The highest BCUT2D eigenvalue weighted by Crippen LogP contribution is 2.14. The molecule has 110 valence electrons. The molecule has 0 unspecified atom stereocenters. The Morgan fingerprint density at radius 1 is 1.29 bits per heavy atom. The van der Waals surface area contributed by atoms with Gasteiger partial charge in [0, 0.05) is 43.3 Å². The summed E-state index contributed by atoms with van der Waals surface area (Å²) in [6, 6.07) is 7.87. The van der Waals surface area contributed by atoms with Crippen molar-refractivity contribution in [3.63, 3.8) is 0 Å². The zero-order valence-electron chi connectivity index (χ0n) is 11.2. The fourth-order valence-electron chi connectivity index (χ4n) is 1.71. The number of nitrogens with zero attached hydrogens (tertiary/aromatic N) is 3. The van der Waals surface area contributed by atoms with E-state index in [2.05, 4.69) is 15.7 Å². The van der Waals surface area contributed by atoms with E-state index in [1.807, 2.05) is 0 Å². The smallest absolute Gasteiger partial charge is 0.269 e. The predicted molar refractivity (Wildman–Crippen MR) is 76.8 cm³/mol. The number of nitrogens with one attached hydrogen (secondary N) is 2. The summed E-state index contributed by atoms with van der Waals surface area (Å²) in [5, 5.41) is 20.3. The SMILES string of the molecule is O=C(Cn1cccn1)NCCNc1ccc([N+](=O)[O-])cc1. The van der Waals surface area contributed by atoms with E-state index in [0.717, 1.165) is 5.69 Å². The molecular weight excluding hydrogens is 274 g/mol. The number of non-ortho nitro benzene ring substituents is 1. The van der Waals surface area contributed by atoms with Crippen LogP contribution in [0.3, 0.4) is 0 Å². The minimum Gasteiger partial charge on any atom is -0.383 e. The summed E-state index contributed by atoms with van der Waals surface area (Å²) < 4.78 is 1.54. The number of aromatic nitrogens is 2. The minimum atomic E-state index is -0.445. The van der Waals surface area contributed by atoms with E-state index in [0.29, 0.717) is 13.1 Å². The van der Waals surface area contributed by atoms with E-state index in [-0.39, 0.29) is 18.1 Å². The Labute approximate surface area is 120 Å². The quantitative estimate of drug-likeness (QED) is 0.450. The van der Waals surface area contributed by atoms with E-state index >= 15 is 0 Å². The molecule has 1 aromatic carbocycles. The summed E-state index contributed by atoms with van der Waals surface area (Å²) in [7, 11) is 0. The summed E-state index contributed by atoms with van der Waals surface area (Å²) in [4.78, 5) is 21.6. The van der Waals surface area contributed by atoms with E-state index < -0.39 is 4.92 Å². The van der Waals surface area contributed by atoms with Crippen LogP contribution in [0.1, 0.15) is 0 Å². The standard InChI is InChI=1S/C13H15N5O3/c19-13(10-17-9-1-6-16-17)15-8-7-14-11-2-4-12(5-3-11)18(20)21/h1-6,9,14H,7-8,10H2,(H,15,19). The molecule has 0 aliphatic rings. The minimum absolute atomic E-state index is 0.0491. The van der Waals surface area contributed by atoms with Gasteiger partial charge in [-0.25, -0.2) is 0 Å². The van der Waals surface area contributed by atoms with Gasteiger partial charge >= 0.3 is 0 Å². The normalized spacial score (nSPS) is 10.1. The Bertz CT molecular complexity index is 595. The molecule has 2 N–H and O–H groups in total. The van der Waals surface area contributed by atoms with Gasteiger partial charge in [-0.2, -0.15) is 5.10 Å². The summed E-state index contributed by atoms with van der Waals surface area (Å²) in [6.45, 7) is 1.17. The molecule has 0 saturated carbocycles. The van der Waals surface area contributed by atoms with Crippen molar-refractivity contribution < 1.29 is 9.72 Å². The molecular formula is C13H15N5O3. The summed E-state index contributed by atoms with van der Waals surface area (Å²) in [5.74, 6) is -0.121. The van der Waals surface area contributed by atoms with Gasteiger partial charge < -0.3 is 10.6 Å². The molecule has 1 aromatic heterocycles. The molecule has 0 aliphatic heterocycles. The van der Waals surface area contributed by atoms with Crippen LogP contribution in [0.25, 0.3) is 0 Å². The molecule has 8 heteroatoms. The van der Waals surface area contributed by atoms with Crippen molar-refractivity contribution in [2.75, 3.05) is 18.4 Å². The number of hydrogen-bond acceptors (Lipinski definition) is 5. The molecule has 0 bridgehead atoms. The molecule has 0 spiro atoms. The fraction of sp³-hybridized carbons (Fsp3) is 0.231. The van der Waals surface area contributed by atoms with Gasteiger partial charge in [0.25, 0.3) is 5.69 Å². The van der Waals surface area contributed by atoms with Crippen molar-refractivity contribution in [1.29, 1.82) is 0 Å². The second-order valence-corrected chi connectivity index (χ2v) is 4.28. The maximum absolute atomic E-state index is 11.6. The maximum atomic E-state index is 11.6. The van der Waals surface area contributed by atoms with Gasteiger partial charge in [-0.1, -0.05) is 0 Å². The first kappa shape index (κ1) is 14.5. The van der Waals surface area contributed by atoms with Crippen LogP contribution in [0.4, 0.5) is 11.4 Å². The van der Waals surface area contributed by atoms with Gasteiger partial charge in [-0.15, -0.1) is 0 Å². The van der Waals surface area contributed by atoms with Crippen LogP contribution >= 0.6 is 0 Å². The van der Waals surface area contributed by atoms with Crippen LogP contribution in [0.15, 0.2) is 42.7 Å². The summed E-state index contributed by atoms with van der Waals surface area (Å²) in [5.41, 5.74) is 0.815. The lowest BCUT2D eigenvalue weighted by atomic mass is 10.3. The number of carbonyl (C=O) groups is 1. The van der Waals surface area contributed by atoms with E-state index in [1.165, 1.54) is 12.1 Å².